The Hall–Kier alpha value is -3.09. The molecule has 0 saturated carbocycles. The molecule has 31 heavy (non-hydrogen) atoms. The maximum Gasteiger partial charge on any atom is 0.319 e. The van der Waals surface area contributed by atoms with E-state index in [4.69, 9.17) is 4.74 Å². The lowest BCUT2D eigenvalue weighted by Gasteiger charge is -2.33. The van der Waals surface area contributed by atoms with E-state index in [1.165, 1.54) is 12.1 Å². The zero-order chi connectivity index (χ0) is 22.1. The van der Waals surface area contributed by atoms with Crippen LogP contribution in [0.5, 0.6) is 5.75 Å². The summed E-state index contributed by atoms with van der Waals surface area (Å²) in [4.78, 5) is 26.8. The summed E-state index contributed by atoms with van der Waals surface area (Å²) in [5, 5.41) is 5.45. The van der Waals surface area contributed by atoms with E-state index in [0.29, 0.717) is 37.5 Å². The van der Waals surface area contributed by atoms with Crippen LogP contribution in [0, 0.1) is 11.7 Å². The number of carbonyl (C=O) groups excluding carboxylic acids is 2. The van der Waals surface area contributed by atoms with Crippen LogP contribution in [0.3, 0.4) is 0 Å². The molecule has 2 aromatic rings. The Morgan fingerprint density at radius 1 is 1.19 bits per heavy atom. The van der Waals surface area contributed by atoms with Crippen LogP contribution in [0.2, 0.25) is 0 Å². The Kier molecular flexibility index (Phi) is 8.27. The van der Waals surface area contributed by atoms with Gasteiger partial charge in [0.05, 0.1) is 6.61 Å². The topological polar surface area (TPSA) is 70.7 Å². The molecule has 0 radical (unpaired) electrons. The summed E-state index contributed by atoms with van der Waals surface area (Å²) in [5.41, 5.74) is 1.04. The number of likely N-dealkylation sites (tertiary alicyclic amines) is 1. The Morgan fingerprint density at radius 3 is 2.74 bits per heavy atom. The van der Waals surface area contributed by atoms with Crippen LogP contribution in [-0.2, 0) is 0 Å². The number of rotatable bonds is 8. The van der Waals surface area contributed by atoms with Crippen molar-refractivity contribution in [1.29, 1.82) is 0 Å². The molecule has 2 N–H and O–H groups in total. The van der Waals surface area contributed by atoms with Gasteiger partial charge in [-0.25, -0.2) is 9.18 Å². The molecular formula is C24H30FN3O3. The van der Waals surface area contributed by atoms with Crippen molar-refractivity contribution in [2.75, 3.05) is 31.6 Å². The van der Waals surface area contributed by atoms with E-state index >= 15 is 0 Å². The predicted molar refractivity (Wildman–Crippen MR) is 119 cm³/mol. The fraction of sp³-hybridized carbons (Fsp3) is 0.417. The zero-order valence-electron chi connectivity index (χ0n) is 17.9. The van der Waals surface area contributed by atoms with Crippen LogP contribution < -0.4 is 15.4 Å². The van der Waals surface area contributed by atoms with Crippen LogP contribution in [-0.4, -0.2) is 43.1 Å². The Bertz CT molecular complexity index is 873. The number of piperidine rings is 1. The van der Waals surface area contributed by atoms with Crippen molar-refractivity contribution >= 4 is 17.6 Å². The summed E-state index contributed by atoms with van der Waals surface area (Å²) in [7, 11) is 0. The number of halogens is 1. The van der Waals surface area contributed by atoms with E-state index in [1.807, 2.05) is 17.0 Å². The third-order valence-corrected chi connectivity index (χ3v) is 5.31. The van der Waals surface area contributed by atoms with Crippen molar-refractivity contribution < 1.29 is 18.7 Å². The van der Waals surface area contributed by atoms with E-state index in [-0.39, 0.29) is 17.9 Å². The molecule has 1 fully saturated rings. The summed E-state index contributed by atoms with van der Waals surface area (Å²) in [6.07, 6.45) is 3.91. The van der Waals surface area contributed by atoms with Crippen molar-refractivity contribution in [2.24, 2.45) is 5.92 Å². The lowest BCUT2D eigenvalue weighted by Crippen LogP contribution is -2.44. The van der Waals surface area contributed by atoms with Crippen LogP contribution in [0.4, 0.5) is 14.9 Å². The van der Waals surface area contributed by atoms with Crippen molar-refractivity contribution in [2.45, 2.75) is 32.6 Å². The molecule has 3 rings (SSSR count). The number of unbranched alkanes of at least 4 members (excludes halogenated alkanes) is 1. The maximum atomic E-state index is 13.2. The molecule has 1 aliphatic heterocycles. The summed E-state index contributed by atoms with van der Waals surface area (Å²) in [6.45, 7) is 4.54. The van der Waals surface area contributed by atoms with Crippen LogP contribution >= 0.6 is 0 Å². The molecule has 1 atom stereocenters. The first-order chi connectivity index (χ1) is 15.0. The molecule has 6 nitrogen and oxygen atoms in total. The molecule has 2 aromatic carbocycles. The highest BCUT2D eigenvalue weighted by Crippen LogP contribution is 2.20. The fourth-order valence-corrected chi connectivity index (χ4v) is 3.61. The number of ether oxygens (including phenoxy) is 1. The average Bonchev–Trinajstić information content (AvgIpc) is 2.78. The molecule has 0 aromatic heterocycles. The number of amides is 3. The summed E-state index contributed by atoms with van der Waals surface area (Å²) >= 11 is 0. The van der Waals surface area contributed by atoms with Crippen molar-refractivity contribution in [1.82, 2.24) is 10.2 Å². The second-order valence-electron chi connectivity index (χ2n) is 7.83. The van der Waals surface area contributed by atoms with Crippen molar-refractivity contribution in [3.8, 4) is 5.75 Å². The van der Waals surface area contributed by atoms with Gasteiger partial charge in [-0.2, -0.15) is 0 Å². The summed E-state index contributed by atoms with van der Waals surface area (Å²) in [5.74, 6) is 0.538. The van der Waals surface area contributed by atoms with Crippen molar-refractivity contribution in [3.63, 3.8) is 0 Å². The van der Waals surface area contributed by atoms with Crippen molar-refractivity contribution in [3.05, 3.63) is 59.9 Å². The number of urea groups is 1. The summed E-state index contributed by atoms with van der Waals surface area (Å²) < 4.78 is 18.9. The lowest BCUT2D eigenvalue weighted by atomic mass is 9.97. The molecule has 0 aliphatic carbocycles. The van der Waals surface area contributed by atoms with Crippen LogP contribution in [0.15, 0.2) is 48.5 Å². The zero-order valence-corrected chi connectivity index (χ0v) is 17.9. The molecule has 1 aliphatic rings. The van der Waals surface area contributed by atoms with Gasteiger partial charge in [0.15, 0.2) is 0 Å². The minimum atomic E-state index is -0.403. The van der Waals surface area contributed by atoms with Gasteiger partial charge in [0.1, 0.15) is 11.6 Å². The van der Waals surface area contributed by atoms with E-state index in [9.17, 15) is 14.0 Å². The standard InChI is InChI=1S/C24H30FN3O3/c1-2-3-14-31-22-11-9-19(10-12-22)23(29)28-13-5-6-18(17-28)16-26-24(30)27-21-8-4-7-20(25)15-21/h4,7-12,15,18H,2-3,5-6,13-14,16-17H2,1H3,(H2,26,27,30). The highest BCUT2D eigenvalue weighted by molar-refractivity contribution is 5.94. The van der Waals surface area contributed by atoms with Gasteiger partial charge < -0.3 is 20.3 Å². The number of nitrogens with one attached hydrogen (secondary N) is 2. The highest BCUT2D eigenvalue weighted by atomic mass is 19.1. The molecular weight excluding hydrogens is 397 g/mol. The average molecular weight is 428 g/mol. The second kappa shape index (κ2) is 11.3. The molecule has 3 amide bonds. The Labute approximate surface area is 182 Å². The van der Waals surface area contributed by atoms with E-state index in [0.717, 1.165) is 31.4 Å². The monoisotopic (exact) mass is 427 g/mol. The Morgan fingerprint density at radius 2 is 2.00 bits per heavy atom. The third kappa shape index (κ3) is 6.98. The first kappa shape index (κ1) is 22.6. The van der Waals surface area contributed by atoms with Gasteiger partial charge in [0.2, 0.25) is 0 Å². The fourth-order valence-electron chi connectivity index (χ4n) is 3.61. The minimum Gasteiger partial charge on any atom is -0.494 e. The number of nitrogens with zero attached hydrogens (tertiary/aromatic N) is 1. The minimum absolute atomic E-state index is 0.00554. The molecule has 7 heteroatoms. The number of carbonyl (C=O) groups is 2. The number of benzene rings is 2. The first-order valence-electron chi connectivity index (χ1n) is 10.9. The highest BCUT2D eigenvalue weighted by Gasteiger charge is 2.25. The van der Waals surface area contributed by atoms with Crippen LogP contribution in [0.25, 0.3) is 0 Å². The quantitative estimate of drug-likeness (QED) is 0.601. The number of hydrogen-bond donors (Lipinski definition) is 2. The molecule has 0 bridgehead atoms. The second-order valence-corrected chi connectivity index (χ2v) is 7.83. The maximum absolute atomic E-state index is 13.2. The van der Waals surface area contributed by atoms with E-state index in [1.54, 1.807) is 24.3 Å². The largest absolute Gasteiger partial charge is 0.494 e. The van der Waals surface area contributed by atoms with Gasteiger partial charge in [0.25, 0.3) is 5.91 Å². The van der Waals surface area contributed by atoms with Gasteiger partial charge in [0, 0.05) is 30.9 Å². The Balaban J connectivity index is 1.47. The molecule has 0 spiro atoms. The molecule has 1 unspecified atom stereocenters. The SMILES string of the molecule is CCCCOc1ccc(C(=O)N2CCCC(CNC(=O)Nc3cccc(F)c3)C2)cc1. The van der Waals surface area contributed by atoms with Gasteiger partial charge in [-0.15, -0.1) is 0 Å². The molecule has 1 heterocycles. The molecule has 1 saturated heterocycles. The van der Waals surface area contributed by atoms with Crippen LogP contribution in [0.1, 0.15) is 43.0 Å². The lowest BCUT2D eigenvalue weighted by molar-refractivity contribution is 0.0675. The normalized spacial score (nSPS) is 15.9. The smallest absolute Gasteiger partial charge is 0.319 e. The number of anilines is 1. The third-order valence-electron chi connectivity index (χ3n) is 5.31. The van der Waals surface area contributed by atoms with Gasteiger partial charge in [-0.05, 0) is 67.6 Å². The first-order valence-corrected chi connectivity index (χ1v) is 10.9. The predicted octanol–water partition coefficient (Wildman–Crippen LogP) is 4.68. The van der Waals surface area contributed by atoms with E-state index in [2.05, 4.69) is 17.6 Å². The number of hydrogen-bond acceptors (Lipinski definition) is 3. The summed E-state index contributed by atoms with van der Waals surface area (Å²) in [6, 6.07) is 12.7. The van der Waals surface area contributed by atoms with E-state index < -0.39 is 5.82 Å². The van der Waals surface area contributed by atoms with Gasteiger partial charge in [-0.1, -0.05) is 19.4 Å². The molecule has 166 valence electrons. The van der Waals surface area contributed by atoms with Gasteiger partial charge >= 0.3 is 6.03 Å². The van der Waals surface area contributed by atoms with Gasteiger partial charge in [-0.3, -0.25) is 4.79 Å².